The summed E-state index contributed by atoms with van der Waals surface area (Å²) in [5, 5.41) is 2.44. The fourth-order valence-electron chi connectivity index (χ4n) is 1.84. The number of benzene rings is 2. The van der Waals surface area contributed by atoms with Crippen LogP contribution in [-0.4, -0.2) is 5.91 Å². The average Bonchev–Trinajstić information content (AvgIpc) is 2.43. The molecule has 0 aliphatic carbocycles. The highest BCUT2D eigenvalue weighted by molar-refractivity contribution is 9.10. The summed E-state index contributed by atoms with van der Waals surface area (Å²) in [5.74, 6) is -2.48. The first-order valence-electron chi connectivity index (χ1n) is 6.19. The third-order valence-electron chi connectivity index (χ3n) is 3.07. The highest BCUT2D eigenvalue weighted by Gasteiger charge is 2.18. The van der Waals surface area contributed by atoms with Gasteiger partial charge in [-0.25, -0.2) is 8.78 Å². The van der Waals surface area contributed by atoms with E-state index in [1.807, 2.05) is 0 Å². The average molecular weight is 355 g/mol. The second-order valence-electron chi connectivity index (χ2n) is 4.63. The molecule has 3 N–H and O–H groups in total. The van der Waals surface area contributed by atoms with Gasteiger partial charge >= 0.3 is 0 Å². The van der Waals surface area contributed by atoms with Crippen molar-refractivity contribution in [3.05, 3.63) is 58.1 Å². The number of amides is 1. The minimum absolute atomic E-state index is 0.0795. The fourth-order valence-corrected chi connectivity index (χ4v) is 2.18. The Labute approximate surface area is 129 Å². The van der Waals surface area contributed by atoms with Crippen molar-refractivity contribution < 1.29 is 13.6 Å². The van der Waals surface area contributed by atoms with E-state index in [0.717, 1.165) is 0 Å². The number of halogens is 3. The molecule has 0 aromatic heterocycles. The van der Waals surface area contributed by atoms with Crippen LogP contribution in [0.2, 0.25) is 0 Å². The summed E-state index contributed by atoms with van der Waals surface area (Å²) >= 11 is 2.95. The van der Waals surface area contributed by atoms with Gasteiger partial charge < -0.3 is 11.1 Å². The standard InChI is InChI=1S/C15H13BrF2N2O/c1-8(9-3-2-4-10(19)5-9)15(21)20-14-6-11(16)12(17)7-13(14)18/h2-8H,19H2,1H3,(H,20,21). The van der Waals surface area contributed by atoms with E-state index >= 15 is 0 Å². The van der Waals surface area contributed by atoms with Gasteiger partial charge in [0.2, 0.25) is 5.91 Å². The summed E-state index contributed by atoms with van der Waals surface area (Å²) in [6.45, 7) is 1.68. The maximum atomic E-state index is 13.6. The lowest BCUT2D eigenvalue weighted by Gasteiger charge is -2.14. The van der Waals surface area contributed by atoms with Gasteiger partial charge in [-0.15, -0.1) is 0 Å². The van der Waals surface area contributed by atoms with E-state index in [4.69, 9.17) is 5.73 Å². The molecule has 0 bridgehead atoms. The third kappa shape index (κ3) is 3.58. The Morgan fingerprint density at radius 1 is 1.24 bits per heavy atom. The van der Waals surface area contributed by atoms with E-state index in [1.165, 1.54) is 6.07 Å². The Balaban J connectivity index is 2.20. The minimum Gasteiger partial charge on any atom is -0.399 e. The van der Waals surface area contributed by atoms with Crippen LogP contribution < -0.4 is 11.1 Å². The number of carbonyl (C=O) groups is 1. The molecule has 0 aliphatic rings. The van der Waals surface area contributed by atoms with E-state index in [1.54, 1.807) is 31.2 Å². The molecule has 0 fully saturated rings. The summed E-state index contributed by atoms with van der Waals surface area (Å²) in [5.41, 5.74) is 6.85. The lowest BCUT2D eigenvalue weighted by atomic mass is 10.00. The first-order valence-corrected chi connectivity index (χ1v) is 6.98. The topological polar surface area (TPSA) is 55.1 Å². The molecule has 0 radical (unpaired) electrons. The van der Waals surface area contributed by atoms with E-state index in [2.05, 4.69) is 21.2 Å². The van der Waals surface area contributed by atoms with E-state index in [9.17, 15) is 13.6 Å². The summed E-state index contributed by atoms with van der Waals surface area (Å²) in [6, 6.07) is 8.80. The van der Waals surface area contributed by atoms with Gasteiger partial charge in [0.05, 0.1) is 16.1 Å². The monoisotopic (exact) mass is 354 g/mol. The van der Waals surface area contributed by atoms with Crippen molar-refractivity contribution in [2.24, 2.45) is 0 Å². The molecule has 0 heterocycles. The molecular weight excluding hydrogens is 342 g/mol. The van der Waals surface area contributed by atoms with Gasteiger partial charge in [0.15, 0.2) is 0 Å². The van der Waals surface area contributed by atoms with E-state index in [0.29, 0.717) is 17.3 Å². The quantitative estimate of drug-likeness (QED) is 0.645. The number of nitrogen functional groups attached to an aromatic ring is 1. The summed E-state index contributed by atoms with van der Waals surface area (Å²) < 4.78 is 26.9. The Kier molecular flexibility index (Phi) is 4.57. The highest BCUT2D eigenvalue weighted by Crippen LogP contribution is 2.25. The molecule has 1 amide bonds. The lowest BCUT2D eigenvalue weighted by molar-refractivity contribution is -0.117. The number of hydrogen-bond acceptors (Lipinski definition) is 2. The summed E-state index contributed by atoms with van der Waals surface area (Å²) in [6.07, 6.45) is 0. The zero-order valence-corrected chi connectivity index (χ0v) is 12.7. The van der Waals surface area contributed by atoms with Crippen LogP contribution in [0.5, 0.6) is 0 Å². The number of rotatable bonds is 3. The van der Waals surface area contributed by atoms with Crippen LogP contribution in [0.1, 0.15) is 18.4 Å². The third-order valence-corrected chi connectivity index (χ3v) is 3.68. The van der Waals surface area contributed by atoms with Crippen molar-refractivity contribution in [1.82, 2.24) is 0 Å². The summed E-state index contributed by atoms with van der Waals surface area (Å²) in [7, 11) is 0. The van der Waals surface area contributed by atoms with Gasteiger partial charge in [0.25, 0.3) is 0 Å². The molecule has 2 aromatic carbocycles. The molecule has 0 saturated heterocycles. The maximum Gasteiger partial charge on any atom is 0.231 e. The van der Waals surface area contributed by atoms with Gasteiger partial charge in [-0.3, -0.25) is 4.79 Å². The van der Waals surface area contributed by atoms with E-state index in [-0.39, 0.29) is 10.2 Å². The zero-order chi connectivity index (χ0) is 15.6. The highest BCUT2D eigenvalue weighted by atomic mass is 79.9. The molecule has 2 rings (SSSR count). The van der Waals surface area contributed by atoms with Crippen molar-refractivity contribution in [2.45, 2.75) is 12.8 Å². The SMILES string of the molecule is CC(C(=O)Nc1cc(Br)c(F)cc1F)c1cccc(N)c1. The van der Waals surface area contributed by atoms with Crippen LogP contribution in [0.25, 0.3) is 0 Å². The number of nitrogens with two attached hydrogens (primary N) is 1. The van der Waals surface area contributed by atoms with Crippen molar-refractivity contribution in [3.8, 4) is 0 Å². The molecule has 110 valence electrons. The molecule has 2 aromatic rings. The smallest absolute Gasteiger partial charge is 0.231 e. The predicted octanol–water partition coefficient (Wildman–Crippen LogP) is 4.05. The molecule has 6 heteroatoms. The zero-order valence-electron chi connectivity index (χ0n) is 11.2. The number of hydrogen-bond donors (Lipinski definition) is 2. The minimum atomic E-state index is -0.830. The molecule has 3 nitrogen and oxygen atoms in total. The van der Waals surface area contributed by atoms with Crippen molar-refractivity contribution in [3.63, 3.8) is 0 Å². The second kappa shape index (κ2) is 6.22. The Morgan fingerprint density at radius 2 is 1.95 bits per heavy atom. The fraction of sp³-hybridized carbons (Fsp3) is 0.133. The molecule has 21 heavy (non-hydrogen) atoms. The van der Waals surface area contributed by atoms with Crippen LogP contribution >= 0.6 is 15.9 Å². The lowest BCUT2D eigenvalue weighted by Crippen LogP contribution is -2.19. The van der Waals surface area contributed by atoms with Crippen LogP contribution in [-0.2, 0) is 4.79 Å². The van der Waals surface area contributed by atoms with Crippen LogP contribution in [0.3, 0.4) is 0 Å². The normalized spacial score (nSPS) is 12.0. The van der Waals surface area contributed by atoms with Gasteiger partial charge in [-0.2, -0.15) is 0 Å². The van der Waals surface area contributed by atoms with E-state index < -0.39 is 23.5 Å². The maximum absolute atomic E-state index is 13.6. The van der Waals surface area contributed by atoms with Crippen LogP contribution in [0.4, 0.5) is 20.2 Å². The first-order chi connectivity index (χ1) is 9.88. The largest absolute Gasteiger partial charge is 0.399 e. The van der Waals surface area contributed by atoms with Gasteiger partial charge in [0, 0.05) is 11.8 Å². The molecule has 1 atom stereocenters. The second-order valence-corrected chi connectivity index (χ2v) is 5.48. The first kappa shape index (κ1) is 15.4. The predicted molar refractivity (Wildman–Crippen MR) is 82.0 cm³/mol. The molecular formula is C15H13BrF2N2O. The van der Waals surface area contributed by atoms with Crippen molar-refractivity contribution in [1.29, 1.82) is 0 Å². The molecule has 0 saturated carbocycles. The Morgan fingerprint density at radius 3 is 2.62 bits per heavy atom. The Bertz CT molecular complexity index is 691. The van der Waals surface area contributed by atoms with Crippen molar-refractivity contribution >= 4 is 33.2 Å². The Hall–Kier alpha value is -1.95. The van der Waals surface area contributed by atoms with Gasteiger partial charge in [-0.1, -0.05) is 12.1 Å². The molecule has 1 unspecified atom stereocenters. The number of nitrogens with one attached hydrogen (secondary N) is 1. The van der Waals surface area contributed by atoms with Gasteiger partial charge in [0.1, 0.15) is 11.6 Å². The van der Waals surface area contributed by atoms with Crippen molar-refractivity contribution in [2.75, 3.05) is 11.1 Å². The van der Waals surface area contributed by atoms with Crippen LogP contribution in [0, 0.1) is 11.6 Å². The molecule has 0 aliphatic heterocycles. The molecule has 0 spiro atoms. The summed E-state index contributed by atoms with van der Waals surface area (Å²) in [4.78, 5) is 12.1. The number of carbonyl (C=O) groups excluding carboxylic acids is 1. The van der Waals surface area contributed by atoms with Crippen LogP contribution in [0.15, 0.2) is 40.9 Å². The van der Waals surface area contributed by atoms with Gasteiger partial charge in [-0.05, 0) is 46.6 Å². The number of anilines is 2.